The number of nitrogens with zero attached hydrogens (tertiary/aromatic N) is 4. The van der Waals surface area contributed by atoms with Crippen LogP contribution in [0.4, 0.5) is 23.8 Å². The van der Waals surface area contributed by atoms with E-state index in [0.29, 0.717) is 5.56 Å². The lowest BCUT2D eigenvalue weighted by Crippen LogP contribution is -2.14. The molecule has 0 aliphatic heterocycles. The van der Waals surface area contributed by atoms with Crippen LogP contribution in [-0.2, 0) is 22.3 Å². The summed E-state index contributed by atoms with van der Waals surface area (Å²) >= 11 is 0. The van der Waals surface area contributed by atoms with Crippen molar-refractivity contribution in [3.63, 3.8) is 0 Å². The SMILES string of the molecule is COC(=O)c1cncc(COC(=O)Nc2ccc(-c3noc(C(F)(F)F)n3)cn2)c1. The maximum atomic E-state index is 12.5. The molecule has 3 heterocycles. The third-order valence-corrected chi connectivity index (χ3v) is 3.51. The third-order valence-electron chi connectivity index (χ3n) is 3.51. The van der Waals surface area contributed by atoms with E-state index < -0.39 is 24.1 Å². The molecule has 0 radical (unpaired) electrons. The lowest BCUT2D eigenvalue weighted by Gasteiger charge is -2.07. The van der Waals surface area contributed by atoms with Crippen LogP contribution >= 0.6 is 0 Å². The first kappa shape index (κ1) is 20.7. The molecule has 0 spiro atoms. The monoisotopic (exact) mass is 423 g/mol. The average molecular weight is 423 g/mol. The largest absolute Gasteiger partial charge is 0.471 e. The molecule has 0 saturated heterocycles. The van der Waals surface area contributed by atoms with E-state index in [0.717, 1.165) is 6.20 Å². The number of hydrogen-bond acceptors (Lipinski definition) is 9. The lowest BCUT2D eigenvalue weighted by atomic mass is 10.2. The summed E-state index contributed by atoms with van der Waals surface area (Å²) in [6.45, 7) is -0.176. The Bertz CT molecular complexity index is 1050. The lowest BCUT2D eigenvalue weighted by molar-refractivity contribution is -0.159. The standard InChI is InChI=1S/C17H12F3N5O5/c1-28-14(26)11-4-9(5-21-6-11)8-29-16(27)23-12-3-2-10(7-22-12)13-24-15(30-25-13)17(18,19)20/h2-7H,8H2,1H3,(H,22,23,27). The maximum absolute atomic E-state index is 12.5. The number of pyridine rings is 2. The van der Waals surface area contributed by atoms with Crippen LogP contribution < -0.4 is 5.32 Å². The molecule has 0 fully saturated rings. The number of anilines is 1. The fourth-order valence-electron chi connectivity index (χ4n) is 2.14. The van der Waals surface area contributed by atoms with E-state index in [1.807, 2.05) is 0 Å². The van der Waals surface area contributed by atoms with Crippen molar-refractivity contribution in [3.8, 4) is 11.4 Å². The number of halogens is 3. The van der Waals surface area contributed by atoms with Gasteiger partial charge in [-0.3, -0.25) is 10.3 Å². The number of aromatic nitrogens is 4. The van der Waals surface area contributed by atoms with Gasteiger partial charge >= 0.3 is 24.1 Å². The second-order valence-corrected chi connectivity index (χ2v) is 5.63. The molecule has 1 N–H and O–H groups in total. The second kappa shape index (κ2) is 8.55. The van der Waals surface area contributed by atoms with Gasteiger partial charge in [0.25, 0.3) is 0 Å². The molecule has 0 saturated carbocycles. The van der Waals surface area contributed by atoms with Crippen LogP contribution in [0.2, 0.25) is 0 Å². The van der Waals surface area contributed by atoms with E-state index in [1.54, 1.807) is 0 Å². The van der Waals surface area contributed by atoms with Gasteiger partial charge in [0.15, 0.2) is 0 Å². The molecule has 0 aromatic carbocycles. The summed E-state index contributed by atoms with van der Waals surface area (Å²) in [6, 6.07) is 4.12. The Morgan fingerprint density at radius 3 is 2.63 bits per heavy atom. The van der Waals surface area contributed by atoms with Crippen molar-refractivity contribution in [1.82, 2.24) is 20.1 Å². The third kappa shape index (κ3) is 5.06. The highest BCUT2D eigenvalue weighted by Crippen LogP contribution is 2.29. The molecule has 0 aliphatic carbocycles. The quantitative estimate of drug-likeness (QED) is 0.615. The summed E-state index contributed by atoms with van der Waals surface area (Å²) in [6.07, 6.45) is -1.73. The van der Waals surface area contributed by atoms with Crippen molar-refractivity contribution >= 4 is 17.9 Å². The molecule has 13 heteroatoms. The molecule has 0 atom stereocenters. The van der Waals surface area contributed by atoms with Gasteiger partial charge in [0.1, 0.15) is 12.4 Å². The minimum atomic E-state index is -4.75. The van der Waals surface area contributed by atoms with Crippen LogP contribution in [0.1, 0.15) is 21.8 Å². The van der Waals surface area contributed by atoms with E-state index in [2.05, 4.69) is 34.7 Å². The normalized spacial score (nSPS) is 11.1. The Kier molecular flexibility index (Phi) is 5.90. The first-order valence-electron chi connectivity index (χ1n) is 8.09. The second-order valence-electron chi connectivity index (χ2n) is 5.63. The van der Waals surface area contributed by atoms with Gasteiger partial charge in [0, 0.05) is 29.7 Å². The van der Waals surface area contributed by atoms with E-state index in [9.17, 15) is 22.8 Å². The number of carbonyl (C=O) groups is 2. The number of esters is 1. The van der Waals surface area contributed by atoms with Crippen molar-refractivity contribution in [2.45, 2.75) is 12.8 Å². The van der Waals surface area contributed by atoms with E-state index in [4.69, 9.17) is 4.74 Å². The van der Waals surface area contributed by atoms with Gasteiger partial charge < -0.3 is 14.0 Å². The minimum absolute atomic E-state index is 0.0738. The van der Waals surface area contributed by atoms with Crippen LogP contribution in [0.5, 0.6) is 0 Å². The Labute approximate surface area is 166 Å². The molecular weight excluding hydrogens is 411 g/mol. The number of methoxy groups -OCH3 is 1. The Balaban J connectivity index is 1.57. The van der Waals surface area contributed by atoms with Gasteiger partial charge in [-0.2, -0.15) is 18.2 Å². The van der Waals surface area contributed by atoms with Crippen molar-refractivity contribution in [2.75, 3.05) is 12.4 Å². The van der Waals surface area contributed by atoms with Gasteiger partial charge in [-0.1, -0.05) is 5.16 Å². The molecule has 156 valence electrons. The van der Waals surface area contributed by atoms with Gasteiger partial charge in [-0.25, -0.2) is 14.6 Å². The molecule has 0 aliphatic rings. The van der Waals surface area contributed by atoms with E-state index in [-0.39, 0.29) is 29.4 Å². The van der Waals surface area contributed by atoms with Gasteiger partial charge in [-0.15, -0.1) is 0 Å². The summed E-state index contributed by atoms with van der Waals surface area (Å²) in [5.74, 6) is -2.29. The summed E-state index contributed by atoms with van der Waals surface area (Å²) in [4.78, 5) is 34.3. The predicted molar refractivity (Wildman–Crippen MR) is 91.9 cm³/mol. The summed E-state index contributed by atoms with van der Waals surface area (Å²) in [5.41, 5.74) is 0.805. The Morgan fingerprint density at radius 2 is 2.00 bits per heavy atom. The number of rotatable bonds is 5. The summed E-state index contributed by atoms with van der Waals surface area (Å²) in [7, 11) is 1.23. The van der Waals surface area contributed by atoms with E-state index >= 15 is 0 Å². The Morgan fingerprint density at radius 1 is 1.20 bits per heavy atom. The number of ether oxygens (including phenoxy) is 2. The first-order valence-corrected chi connectivity index (χ1v) is 8.09. The Hall–Kier alpha value is -4.03. The van der Waals surface area contributed by atoms with Crippen molar-refractivity contribution in [1.29, 1.82) is 0 Å². The highest BCUT2D eigenvalue weighted by Gasteiger charge is 2.38. The molecule has 1 amide bonds. The highest BCUT2D eigenvalue weighted by molar-refractivity contribution is 5.89. The molecule has 0 bridgehead atoms. The smallest absolute Gasteiger partial charge is 0.465 e. The first-order chi connectivity index (χ1) is 14.3. The zero-order valence-electron chi connectivity index (χ0n) is 15.1. The zero-order valence-corrected chi connectivity index (χ0v) is 15.1. The van der Waals surface area contributed by atoms with Gasteiger partial charge in [0.05, 0.1) is 12.7 Å². The van der Waals surface area contributed by atoms with Crippen LogP contribution in [0.25, 0.3) is 11.4 Å². The molecule has 3 aromatic heterocycles. The van der Waals surface area contributed by atoms with E-state index in [1.165, 1.54) is 37.7 Å². The average Bonchev–Trinajstić information content (AvgIpc) is 3.23. The molecule has 3 aromatic rings. The van der Waals surface area contributed by atoms with Crippen LogP contribution in [0.15, 0.2) is 41.3 Å². The zero-order chi connectivity index (χ0) is 21.7. The summed E-state index contributed by atoms with van der Waals surface area (Å²) < 4.78 is 51.2. The molecule has 3 rings (SSSR count). The molecule has 30 heavy (non-hydrogen) atoms. The fourth-order valence-corrected chi connectivity index (χ4v) is 2.14. The molecular formula is C17H12F3N5O5. The van der Waals surface area contributed by atoms with Crippen molar-refractivity contribution in [2.24, 2.45) is 0 Å². The predicted octanol–water partition coefficient (Wildman–Crippen LogP) is 3.08. The van der Waals surface area contributed by atoms with Crippen LogP contribution in [-0.4, -0.2) is 39.3 Å². The topological polar surface area (TPSA) is 129 Å². The summed E-state index contributed by atoms with van der Waals surface area (Å²) in [5, 5.41) is 5.58. The number of hydrogen-bond donors (Lipinski definition) is 1. The van der Waals surface area contributed by atoms with Gasteiger partial charge in [-0.05, 0) is 18.2 Å². The van der Waals surface area contributed by atoms with Crippen LogP contribution in [0, 0.1) is 0 Å². The van der Waals surface area contributed by atoms with Crippen LogP contribution in [0.3, 0.4) is 0 Å². The number of alkyl halides is 3. The fraction of sp³-hybridized carbons (Fsp3) is 0.176. The molecule has 0 unspecified atom stereocenters. The minimum Gasteiger partial charge on any atom is -0.465 e. The molecule has 10 nitrogen and oxygen atoms in total. The van der Waals surface area contributed by atoms with Crippen molar-refractivity contribution < 1.29 is 36.8 Å². The number of carbonyl (C=O) groups excluding carboxylic acids is 2. The number of amides is 1. The number of nitrogens with one attached hydrogen (secondary N) is 1. The van der Waals surface area contributed by atoms with Gasteiger partial charge in [0.2, 0.25) is 5.82 Å². The highest BCUT2D eigenvalue weighted by atomic mass is 19.4. The van der Waals surface area contributed by atoms with Crippen molar-refractivity contribution in [3.05, 3.63) is 53.8 Å². The maximum Gasteiger partial charge on any atom is 0.471 e.